The Kier molecular flexibility index (Phi) is 5.56. The SMILES string of the molecule is CCC(C)NC(C(=O)OC)c1ccc(Cl)c(F)c1. The number of carbonyl (C=O) groups excluding carboxylic acids is 1. The van der Waals surface area contributed by atoms with Crippen molar-refractivity contribution >= 4 is 17.6 Å². The Bertz CT molecular complexity index is 425. The molecule has 0 heterocycles. The van der Waals surface area contributed by atoms with Gasteiger partial charge in [-0.2, -0.15) is 0 Å². The monoisotopic (exact) mass is 273 g/mol. The van der Waals surface area contributed by atoms with E-state index in [1.807, 2.05) is 13.8 Å². The first kappa shape index (κ1) is 14.9. The van der Waals surface area contributed by atoms with Crippen LogP contribution >= 0.6 is 11.6 Å². The molecule has 1 aromatic rings. The number of ether oxygens (including phenoxy) is 1. The summed E-state index contributed by atoms with van der Waals surface area (Å²) in [5, 5.41) is 3.13. The van der Waals surface area contributed by atoms with E-state index >= 15 is 0 Å². The van der Waals surface area contributed by atoms with Gasteiger partial charge in [0.1, 0.15) is 11.9 Å². The van der Waals surface area contributed by atoms with Crippen molar-refractivity contribution in [3.63, 3.8) is 0 Å². The second kappa shape index (κ2) is 6.71. The van der Waals surface area contributed by atoms with Crippen molar-refractivity contribution < 1.29 is 13.9 Å². The lowest BCUT2D eigenvalue weighted by Crippen LogP contribution is -2.35. The lowest BCUT2D eigenvalue weighted by molar-refractivity contribution is -0.143. The predicted octanol–water partition coefficient (Wildman–Crippen LogP) is 3.08. The summed E-state index contributed by atoms with van der Waals surface area (Å²) in [6.07, 6.45) is 0.851. The highest BCUT2D eigenvalue weighted by Gasteiger charge is 2.23. The van der Waals surface area contributed by atoms with E-state index in [1.165, 1.54) is 19.2 Å². The van der Waals surface area contributed by atoms with E-state index in [-0.39, 0.29) is 11.1 Å². The molecule has 0 aliphatic rings. The van der Waals surface area contributed by atoms with Crippen molar-refractivity contribution in [1.82, 2.24) is 5.32 Å². The molecule has 1 rings (SSSR count). The van der Waals surface area contributed by atoms with Gasteiger partial charge in [0, 0.05) is 6.04 Å². The smallest absolute Gasteiger partial charge is 0.327 e. The van der Waals surface area contributed by atoms with Crippen LogP contribution in [0.25, 0.3) is 0 Å². The van der Waals surface area contributed by atoms with Crippen LogP contribution in [0.4, 0.5) is 4.39 Å². The Labute approximate surface area is 111 Å². The minimum Gasteiger partial charge on any atom is -0.468 e. The number of hydrogen-bond acceptors (Lipinski definition) is 3. The molecule has 0 bridgehead atoms. The number of nitrogens with one attached hydrogen (secondary N) is 1. The fourth-order valence-electron chi connectivity index (χ4n) is 1.51. The fraction of sp³-hybridized carbons (Fsp3) is 0.462. The third-order valence-corrected chi connectivity index (χ3v) is 3.08. The molecular weight excluding hydrogens is 257 g/mol. The highest BCUT2D eigenvalue weighted by molar-refractivity contribution is 6.30. The second-order valence-electron chi connectivity index (χ2n) is 4.11. The van der Waals surface area contributed by atoms with Crippen molar-refractivity contribution in [3.05, 3.63) is 34.6 Å². The first-order valence-electron chi connectivity index (χ1n) is 5.78. The molecule has 100 valence electrons. The lowest BCUT2D eigenvalue weighted by Gasteiger charge is -2.21. The van der Waals surface area contributed by atoms with Gasteiger partial charge in [-0.15, -0.1) is 0 Å². The van der Waals surface area contributed by atoms with E-state index in [2.05, 4.69) is 5.32 Å². The third kappa shape index (κ3) is 3.68. The zero-order chi connectivity index (χ0) is 13.7. The van der Waals surface area contributed by atoms with Crippen LogP contribution in [0.2, 0.25) is 5.02 Å². The molecule has 3 nitrogen and oxygen atoms in total. The van der Waals surface area contributed by atoms with Gasteiger partial charge < -0.3 is 4.74 Å². The van der Waals surface area contributed by atoms with Gasteiger partial charge in [-0.1, -0.05) is 24.6 Å². The summed E-state index contributed by atoms with van der Waals surface area (Å²) in [5.41, 5.74) is 0.504. The van der Waals surface area contributed by atoms with Gasteiger partial charge in [0.2, 0.25) is 0 Å². The number of esters is 1. The maximum absolute atomic E-state index is 13.4. The molecule has 0 saturated heterocycles. The first-order valence-corrected chi connectivity index (χ1v) is 6.16. The van der Waals surface area contributed by atoms with Crippen LogP contribution in [0.3, 0.4) is 0 Å². The molecule has 0 aliphatic carbocycles. The summed E-state index contributed by atoms with van der Waals surface area (Å²) in [7, 11) is 1.31. The molecule has 5 heteroatoms. The fourth-order valence-corrected chi connectivity index (χ4v) is 1.63. The van der Waals surface area contributed by atoms with Gasteiger partial charge >= 0.3 is 5.97 Å². The topological polar surface area (TPSA) is 38.3 Å². The molecule has 0 saturated carbocycles. The van der Waals surface area contributed by atoms with Crippen LogP contribution < -0.4 is 5.32 Å². The summed E-state index contributed by atoms with van der Waals surface area (Å²) in [4.78, 5) is 11.7. The van der Waals surface area contributed by atoms with E-state index in [4.69, 9.17) is 16.3 Å². The molecule has 18 heavy (non-hydrogen) atoms. The molecule has 1 aromatic carbocycles. The molecule has 0 aromatic heterocycles. The normalized spacial score (nSPS) is 14.1. The second-order valence-corrected chi connectivity index (χ2v) is 4.51. The Morgan fingerprint density at radius 3 is 2.72 bits per heavy atom. The Morgan fingerprint density at radius 1 is 1.56 bits per heavy atom. The van der Waals surface area contributed by atoms with E-state index in [0.29, 0.717) is 5.56 Å². The summed E-state index contributed by atoms with van der Waals surface area (Å²) < 4.78 is 18.1. The predicted molar refractivity (Wildman–Crippen MR) is 69.1 cm³/mol. The molecule has 1 N–H and O–H groups in total. The molecule has 0 radical (unpaired) electrons. The van der Waals surface area contributed by atoms with E-state index in [1.54, 1.807) is 6.07 Å². The molecule has 0 spiro atoms. The Balaban J connectivity index is 3.01. The van der Waals surface area contributed by atoms with Crippen LogP contribution in [0.15, 0.2) is 18.2 Å². The highest BCUT2D eigenvalue weighted by Crippen LogP contribution is 2.21. The summed E-state index contributed by atoms with van der Waals surface area (Å²) in [5.74, 6) is -0.994. The molecule has 0 amide bonds. The zero-order valence-electron chi connectivity index (χ0n) is 10.7. The van der Waals surface area contributed by atoms with Crippen molar-refractivity contribution in [2.24, 2.45) is 0 Å². The summed E-state index contributed by atoms with van der Waals surface area (Å²) in [6.45, 7) is 3.94. The van der Waals surface area contributed by atoms with Gasteiger partial charge in [0.15, 0.2) is 0 Å². The number of halogens is 2. The largest absolute Gasteiger partial charge is 0.468 e. The van der Waals surface area contributed by atoms with Crippen LogP contribution in [0.5, 0.6) is 0 Å². The lowest BCUT2D eigenvalue weighted by atomic mass is 10.1. The Hall–Kier alpha value is -1.13. The van der Waals surface area contributed by atoms with E-state index in [9.17, 15) is 9.18 Å². The minimum atomic E-state index is -0.684. The van der Waals surface area contributed by atoms with Crippen molar-refractivity contribution in [2.45, 2.75) is 32.4 Å². The first-order chi connectivity index (χ1) is 8.49. The number of methoxy groups -OCH3 is 1. The average molecular weight is 274 g/mol. The maximum Gasteiger partial charge on any atom is 0.327 e. The van der Waals surface area contributed by atoms with Crippen LogP contribution in [0.1, 0.15) is 31.9 Å². The molecule has 2 unspecified atom stereocenters. The van der Waals surface area contributed by atoms with Crippen molar-refractivity contribution in [1.29, 1.82) is 0 Å². The van der Waals surface area contributed by atoms with Gasteiger partial charge in [-0.3, -0.25) is 5.32 Å². The quantitative estimate of drug-likeness (QED) is 0.838. The summed E-state index contributed by atoms with van der Waals surface area (Å²) >= 11 is 5.62. The standard InChI is InChI=1S/C13H17ClFNO2/c1-4-8(2)16-12(13(17)18-3)9-5-6-10(14)11(15)7-9/h5-8,12,16H,4H2,1-3H3. The Morgan fingerprint density at radius 2 is 2.22 bits per heavy atom. The van der Waals surface area contributed by atoms with Crippen molar-refractivity contribution in [2.75, 3.05) is 7.11 Å². The molecular formula is C13H17ClFNO2. The molecule has 0 aliphatic heterocycles. The highest BCUT2D eigenvalue weighted by atomic mass is 35.5. The number of rotatable bonds is 5. The zero-order valence-corrected chi connectivity index (χ0v) is 11.4. The van der Waals surface area contributed by atoms with Gasteiger partial charge in [0.25, 0.3) is 0 Å². The molecule has 0 fully saturated rings. The number of carbonyl (C=O) groups is 1. The van der Waals surface area contributed by atoms with Gasteiger partial charge in [-0.25, -0.2) is 9.18 Å². The molecule has 2 atom stereocenters. The van der Waals surface area contributed by atoms with Crippen LogP contribution in [0, 0.1) is 5.82 Å². The summed E-state index contributed by atoms with van der Waals surface area (Å²) in [6, 6.07) is 3.73. The average Bonchev–Trinajstić information content (AvgIpc) is 2.38. The number of benzene rings is 1. The maximum atomic E-state index is 13.4. The van der Waals surface area contributed by atoms with Gasteiger partial charge in [-0.05, 0) is 31.0 Å². The minimum absolute atomic E-state index is 0.0332. The third-order valence-electron chi connectivity index (χ3n) is 2.78. The van der Waals surface area contributed by atoms with Gasteiger partial charge in [0.05, 0.1) is 12.1 Å². The van der Waals surface area contributed by atoms with E-state index < -0.39 is 17.8 Å². The van der Waals surface area contributed by atoms with Crippen molar-refractivity contribution in [3.8, 4) is 0 Å². The number of hydrogen-bond donors (Lipinski definition) is 1. The van der Waals surface area contributed by atoms with Crippen LogP contribution in [-0.4, -0.2) is 19.1 Å². The van der Waals surface area contributed by atoms with Crippen LogP contribution in [-0.2, 0) is 9.53 Å². The van der Waals surface area contributed by atoms with E-state index in [0.717, 1.165) is 6.42 Å².